The van der Waals surface area contributed by atoms with E-state index >= 15 is 0 Å². The van der Waals surface area contributed by atoms with E-state index in [0.29, 0.717) is 0 Å². The number of thiophene rings is 1. The van der Waals surface area contributed by atoms with Crippen LogP contribution in [0.5, 0.6) is 0 Å². The van der Waals surface area contributed by atoms with Crippen LogP contribution in [0.2, 0.25) is 0 Å². The second kappa shape index (κ2) is 5.16. The van der Waals surface area contributed by atoms with E-state index < -0.39 is 0 Å². The average Bonchev–Trinajstić information content (AvgIpc) is 2.48. The molecule has 14 heavy (non-hydrogen) atoms. The van der Waals surface area contributed by atoms with Crippen LogP contribution in [0.3, 0.4) is 0 Å². The van der Waals surface area contributed by atoms with Crippen molar-refractivity contribution in [3.05, 3.63) is 40.1 Å². The van der Waals surface area contributed by atoms with Gasteiger partial charge in [0, 0.05) is 9.75 Å². The van der Waals surface area contributed by atoms with Crippen molar-refractivity contribution in [1.29, 1.82) is 0 Å². The maximum absolute atomic E-state index is 3.80. The van der Waals surface area contributed by atoms with Gasteiger partial charge in [0.05, 0.1) is 0 Å². The highest BCUT2D eigenvalue weighted by atomic mass is 32.1. The van der Waals surface area contributed by atoms with E-state index in [1.165, 1.54) is 20.9 Å². The summed E-state index contributed by atoms with van der Waals surface area (Å²) in [5.41, 5.74) is 2.83. The molecule has 1 heterocycles. The lowest BCUT2D eigenvalue weighted by Gasteiger charge is -2.00. The Balaban J connectivity index is 3.05. The first-order valence-corrected chi connectivity index (χ1v) is 5.88. The monoisotopic (exact) mass is 206 g/mol. The van der Waals surface area contributed by atoms with Crippen LogP contribution in [0.25, 0.3) is 5.57 Å². The number of hydrogen-bond donors (Lipinski definition) is 0. The summed E-state index contributed by atoms with van der Waals surface area (Å²) in [7, 11) is 0. The Kier molecular flexibility index (Phi) is 4.15. The van der Waals surface area contributed by atoms with Crippen molar-refractivity contribution in [2.24, 2.45) is 0 Å². The van der Waals surface area contributed by atoms with Crippen LogP contribution in [0.15, 0.2) is 24.8 Å². The molecule has 0 aliphatic heterocycles. The van der Waals surface area contributed by atoms with Crippen molar-refractivity contribution in [2.45, 2.75) is 33.6 Å². The molecule has 0 amide bonds. The van der Waals surface area contributed by atoms with Crippen LogP contribution in [0.4, 0.5) is 0 Å². The van der Waals surface area contributed by atoms with E-state index in [4.69, 9.17) is 0 Å². The van der Waals surface area contributed by atoms with Gasteiger partial charge >= 0.3 is 0 Å². The maximum atomic E-state index is 3.80. The second-order valence-corrected chi connectivity index (χ2v) is 4.76. The van der Waals surface area contributed by atoms with Gasteiger partial charge in [0.1, 0.15) is 0 Å². The molecular formula is C13H18S. The zero-order chi connectivity index (χ0) is 10.6. The Bertz CT molecular complexity index is 342. The lowest BCUT2D eigenvalue weighted by Crippen LogP contribution is -1.82. The minimum absolute atomic E-state index is 0.981. The lowest BCUT2D eigenvalue weighted by molar-refractivity contribution is 1.22. The topological polar surface area (TPSA) is 0 Å². The largest absolute Gasteiger partial charge is 0.141 e. The first kappa shape index (κ1) is 11.3. The molecule has 0 aromatic carbocycles. The van der Waals surface area contributed by atoms with Crippen LogP contribution in [0, 0.1) is 6.92 Å². The number of allylic oxidation sites excluding steroid dienone is 3. The Morgan fingerprint density at radius 2 is 2.29 bits per heavy atom. The third kappa shape index (κ3) is 2.58. The predicted molar refractivity (Wildman–Crippen MR) is 66.9 cm³/mol. The predicted octanol–water partition coefficient (Wildman–Crippen LogP) is 4.60. The fraction of sp³-hybridized carbons (Fsp3) is 0.385. The van der Waals surface area contributed by atoms with E-state index in [2.05, 4.69) is 39.5 Å². The summed E-state index contributed by atoms with van der Waals surface area (Å²) < 4.78 is 0. The fourth-order valence-corrected chi connectivity index (χ4v) is 2.65. The Labute approximate surface area is 91.0 Å². The highest BCUT2D eigenvalue weighted by molar-refractivity contribution is 7.13. The summed E-state index contributed by atoms with van der Waals surface area (Å²) in [6, 6.07) is 2.27. The van der Waals surface area contributed by atoms with Gasteiger partial charge in [-0.1, -0.05) is 19.1 Å². The molecule has 0 bridgehead atoms. The van der Waals surface area contributed by atoms with Gasteiger partial charge in [0.2, 0.25) is 0 Å². The van der Waals surface area contributed by atoms with Crippen LogP contribution in [0.1, 0.15) is 35.6 Å². The van der Waals surface area contributed by atoms with Gasteiger partial charge in [-0.25, -0.2) is 0 Å². The summed E-state index contributed by atoms with van der Waals surface area (Å²) in [5, 5.41) is 0. The Hall–Kier alpha value is -0.820. The zero-order valence-electron chi connectivity index (χ0n) is 9.26. The third-order valence-corrected chi connectivity index (χ3v) is 3.39. The van der Waals surface area contributed by atoms with Gasteiger partial charge < -0.3 is 0 Å². The summed E-state index contributed by atoms with van der Waals surface area (Å²) in [4.78, 5) is 2.82. The molecule has 0 radical (unpaired) electrons. The third-order valence-electron chi connectivity index (χ3n) is 2.16. The number of aryl methyl sites for hydroxylation is 1. The normalized spacial score (nSPS) is 11.8. The minimum atomic E-state index is 0.981. The molecule has 0 aliphatic carbocycles. The van der Waals surface area contributed by atoms with E-state index in [0.717, 1.165) is 12.8 Å². The minimum Gasteiger partial charge on any atom is -0.141 e. The summed E-state index contributed by atoms with van der Waals surface area (Å²) in [5.74, 6) is 0. The van der Waals surface area contributed by atoms with Crippen molar-refractivity contribution in [2.75, 3.05) is 0 Å². The van der Waals surface area contributed by atoms with Crippen molar-refractivity contribution in [3.8, 4) is 0 Å². The van der Waals surface area contributed by atoms with Gasteiger partial charge in [-0.05, 0) is 43.9 Å². The molecule has 0 aliphatic rings. The van der Waals surface area contributed by atoms with Crippen LogP contribution in [-0.2, 0) is 6.42 Å². The first-order chi connectivity index (χ1) is 6.69. The summed E-state index contributed by atoms with van der Waals surface area (Å²) in [6.07, 6.45) is 6.35. The molecular weight excluding hydrogens is 188 g/mol. The molecule has 76 valence electrons. The molecule has 0 fully saturated rings. The quantitative estimate of drug-likeness (QED) is 0.632. The molecule has 0 N–H and O–H groups in total. The van der Waals surface area contributed by atoms with Crippen molar-refractivity contribution in [1.82, 2.24) is 0 Å². The number of hydrogen-bond acceptors (Lipinski definition) is 1. The molecule has 0 saturated carbocycles. The molecule has 1 heteroatoms. The smallest absolute Gasteiger partial charge is 0.0334 e. The summed E-state index contributed by atoms with van der Waals surface area (Å²) in [6.45, 7) is 10.3. The molecule has 1 aromatic rings. The fourth-order valence-electron chi connectivity index (χ4n) is 1.61. The highest BCUT2D eigenvalue weighted by Gasteiger charge is 2.06. The van der Waals surface area contributed by atoms with Crippen LogP contribution >= 0.6 is 11.3 Å². The van der Waals surface area contributed by atoms with E-state index in [9.17, 15) is 0 Å². The Morgan fingerprint density at radius 1 is 1.57 bits per heavy atom. The van der Waals surface area contributed by atoms with Gasteiger partial charge in [-0.15, -0.1) is 17.9 Å². The lowest BCUT2D eigenvalue weighted by atomic mass is 10.1. The molecule has 1 rings (SSSR count). The molecule has 0 spiro atoms. The molecule has 1 aromatic heterocycles. The van der Waals surface area contributed by atoms with E-state index in [1.54, 1.807) is 0 Å². The molecule has 0 atom stereocenters. The van der Waals surface area contributed by atoms with Gasteiger partial charge in [-0.3, -0.25) is 0 Å². The number of rotatable bonds is 4. The Morgan fingerprint density at radius 3 is 2.86 bits per heavy atom. The van der Waals surface area contributed by atoms with Gasteiger partial charge in [-0.2, -0.15) is 0 Å². The van der Waals surface area contributed by atoms with E-state index in [1.807, 2.05) is 17.4 Å². The highest BCUT2D eigenvalue weighted by Crippen LogP contribution is 2.29. The van der Waals surface area contributed by atoms with Gasteiger partial charge in [0.15, 0.2) is 0 Å². The zero-order valence-corrected chi connectivity index (χ0v) is 10.1. The SMILES string of the molecule is C=CCc1cc(C)sc1/C(C)=C\CC. The van der Waals surface area contributed by atoms with Crippen LogP contribution < -0.4 is 0 Å². The molecule has 0 unspecified atom stereocenters. The maximum Gasteiger partial charge on any atom is 0.0334 e. The van der Waals surface area contributed by atoms with Crippen LogP contribution in [-0.4, -0.2) is 0 Å². The molecule has 0 saturated heterocycles. The van der Waals surface area contributed by atoms with Crippen molar-refractivity contribution in [3.63, 3.8) is 0 Å². The second-order valence-electron chi connectivity index (χ2n) is 3.50. The van der Waals surface area contributed by atoms with Gasteiger partial charge in [0.25, 0.3) is 0 Å². The average molecular weight is 206 g/mol. The summed E-state index contributed by atoms with van der Waals surface area (Å²) >= 11 is 1.89. The first-order valence-electron chi connectivity index (χ1n) is 5.06. The standard InChI is InChI=1S/C13H18S/c1-5-7-10(3)13-12(8-6-2)9-11(4)14-13/h6-7,9H,2,5,8H2,1,3-4H3/b10-7-. The van der Waals surface area contributed by atoms with E-state index in [-0.39, 0.29) is 0 Å². The molecule has 0 nitrogen and oxygen atoms in total. The van der Waals surface area contributed by atoms with Crippen molar-refractivity contribution < 1.29 is 0 Å². The van der Waals surface area contributed by atoms with Crippen molar-refractivity contribution >= 4 is 16.9 Å².